The van der Waals surface area contributed by atoms with E-state index < -0.39 is 0 Å². The molecular formula is C20H24N2. The third kappa shape index (κ3) is 3.28. The Hall–Kier alpha value is -2.35. The number of nitrogens with zero attached hydrogens (tertiary/aromatic N) is 2. The van der Waals surface area contributed by atoms with Gasteiger partial charge in [0, 0.05) is 12.7 Å². The largest absolute Gasteiger partial charge is 0.349 e. The van der Waals surface area contributed by atoms with Crippen molar-refractivity contribution in [3.8, 4) is 0 Å². The normalized spacial score (nSPS) is 11.8. The van der Waals surface area contributed by atoms with Gasteiger partial charge in [0.2, 0.25) is 0 Å². The molecule has 2 aromatic rings. The van der Waals surface area contributed by atoms with E-state index in [1.54, 1.807) is 0 Å². The Kier molecular flexibility index (Phi) is 5.16. The molecule has 0 radical (unpaired) electrons. The maximum absolute atomic E-state index is 4.36. The third-order valence-corrected chi connectivity index (χ3v) is 4.10. The molecule has 0 aliphatic rings. The van der Waals surface area contributed by atoms with Crippen LogP contribution in [0.2, 0.25) is 0 Å². The molecule has 0 bridgehead atoms. The molecular weight excluding hydrogens is 268 g/mol. The molecule has 0 aromatic heterocycles. The van der Waals surface area contributed by atoms with Crippen LogP contribution < -0.4 is 0 Å². The molecule has 0 aliphatic carbocycles. The monoisotopic (exact) mass is 292 g/mol. The van der Waals surface area contributed by atoms with Crippen LogP contribution in [0.4, 0.5) is 0 Å². The third-order valence-electron chi connectivity index (χ3n) is 4.10. The minimum atomic E-state index is -0.126. The summed E-state index contributed by atoms with van der Waals surface area (Å²) in [6.07, 6.45) is 0.889. The highest BCUT2D eigenvalue weighted by Gasteiger charge is 2.19. The molecule has 22 heavy (non-hydrogen) atoms. The van der Waals surface area contributed by atoms with Crippen LogP contribution in [0.3, 0.4) is 0 Å². The Morgan fingerprint density at radius 3 is 2.45 bits per heavy atom. The van der Waals surface area contributed by atoms with E-state index in [0.717, 1.165) is 17.7 Å². The van der Waals surface area contributed by atoms with Gasteiger partial charge in [-0.05, 0) is 42.3 Å². The molecule has 0 amide bonds. The first-order chi connectivity index (χ1) is 10.6. The summed E-state index contributed by atoms with van der Waals surface area (Å²) < 4.78 is 0. The van der Waals surface area contributed by atoms with Gasteiger partial charge in [0.25, 0.3) is 0 Å². The zero-order valence-electron chi connectivity index (χ0n) is 13.7. The lowest BCUT2D eigenvalue weighted by atomic mass is 10.00. The molecule has 0 aliphatic heterocycles. The topological polar surface area (TPSA) is 15.6 Å². The smallest absolute Gasteiger partial charge is 0.146 e. The number of aryl methyl sites for hydroxylation is 2. The first kappa shape index (κ1) is 16.0. The summed E-state index contributed by atoms with van der Waals surface area (Å²) in [6, 6.07) is 16.7. The van der Waals surface area contributed by atoms with Gasteiger partial charge < -0.3 is 4.90 Å². The summed E-state index contributed by atoms with van der Waals surface area (Å²) >= 11 is 0. The second-order valence-corrected chi connectivity index (χ2v) is 5.52. The first-order valence-corrected chi connectivity index (χ1v) is 7.61. The van der Waals surface area contributed by atoms with Crippen LogP contribution in [0.5, 0.6) is 0 Å². The van der Waals surface area contributed by atoms with Crippen molar-refractivity contribution >= 4 is 12.4 Å². The maximum atomic E-state index is 4.36. The lowest BCUT2D eigenvalue weighted by molar-refractivity contribution is 0.369. The molecule has 0 spiro atoms. The molecule has 0 heterocycles. The van der Waals surface area contributed by atoms with E-state index in [4.69, 9.17) is 0 Å². The number of benzene rings is 2. The molecule has 114 valence electrons. The van der Waals surface area contributed by atoms with Gasteiger partial charge in [-0.1, -0.05) is 62.0 Å². The van der Waals surface area contributed by atoms with Gasteiger partial charge in [-0.25, -0.2) is 0 Å². The fraction of sp³-hybridized carbons (Fsp3) is 0.250. The van der Waals surface area contributed by atoms with E-state index in [9.17, 15) is 0 Å². The van der Waals surface area contributed by atoms with Crippen molar-refractivity contribution in [3.05, 3.63) is 77.4 Å². The van der Waals surface area contributed by atoms with Gasteiger partial charge in [-0.3, -0.25) is 4.99 Å². The molecule has 2 heteroatoms. The van der Waals surface area contributed by atoms with Crippen LogP contribution in [0, 0.1) is 6.92 Å². The summed E-state index contributed by atoms with van der Waals surface area (Å²) in [6.45, 7) is 12.3. The van der Waals surface area contributed by atoms with E-state index in [0.29, 0.717) is 0 Å². The quantitative estimate of drug-likeness (QED) is 0.694. The number of rotatable bonds is 6. The lowest BCUT2D eigenvalue weighted by Crippen LogP contribution is -2.22. The molecule has 0 N–H and O–H groups in total. The Morgan fingerprint density at radius 1 is 1.18 bits per heavy atom. The van der Waals surface area contributed by atoms with Crippen LogP contribution in [0.15, 0.2) is 60.1 Å². The second kappa shape index (κ2) is 7.08. The molecule has 0 saturated carbocycles. The second-order valence-electron chi connectivity index (χ2n) is 5.52. The highest BCUT2D eigenvalue weighted by Crippen LogP contribution is 2.30. The zero-order chi connectivity index (χ0) is 16.1. The maximum Gasteiger partial charge on any atom is 0.146 e. The van der Waals surface area contributed by atoms with Gasteiger partial charge in [-0.2, -0.15) is 0 Å². The van der Waals surface area contributed by atoms with Crippen molar-refractivity contribution in [1.82, 2.24) is 4.90 Å². The fourth-order valence-electron chi connectivity index (χ4n) is 2.60. The minimum absolute atomic E-state index is 0.126. The summed E-state index contributed by atoms with van der Waals surface area (Å²) in [5, 5.41) is 0. The Morgan fingerprint density at radius 2 is 1.86 bits per heavy atom. The summed E-state index contributed by atoms with van der Waals surface area (Å²) in [5.74, 6) is 0. The average Bonchev–Trinajstić information content (AvgIpc) is 2.57. The predicted octanol–water partition coefficient (Wildman–Crippen LogP) is 4.86. The van der Waals surface area contributed by atoms with Crippen molar-refractivity contribution in [3.63, 3.8) is 0 Å². The predicted molar refractivity (Wildman–Crippen MR) is 96.1 cm³/mol. The van der Waals surface area contributed by atoms with Gasteiger partial charge >= 0.3 is 0 Å². The Balaban J connectivity index is 2.35. The number of aliphatic imine (C=N–C) groups is 1. The minimum Gasteiger partial charge on any atom is -0.349 e. The Bertz CT molecular complexity index is 659. The van der Waals surface area contributed by atoms with Gasteiger partial charge in [0.1, 0.15) is 6.17 Å². The summed E-state index contributed by atoms with van der Waals surface area (Å²) in [5.41, 5.74) is 5.77. The molecule has 2 aromatic carbocycles. The van der Waals surface area contributed by atoms with Crippen molar-refractivity contribution in [2.45, 2.75) is 26.4 Å². The zero-order valence-corrected chi connectivity index (χ0v) is 13.7. The summed E-state index contributed by atoms with van der Waals surface area (Å²) in [4.78, 5) is 6.44. The molecule has 1 unspecified atom stereocenters. The van der Waals surface area contributed by atoms with E-state index in [2.05, 4.69) is 67.4 Å². The highest BCUT2D eigenvalue weighted by atomic mass is 15.2. The standard InChI is InChI=1S/C20H24N2/c1-6-17-13-12-15(2)19(14-17)20(21-4)22(5)16(3)18-10-8-7-9-11-18/h7-14,20H,3-4,6H2,1-2,5H3. The van der Waals surface area contributed by atoms with Crippen LogP contribution in [-0.4, -0.2) is 18.7 Å². The number of hydrogen-bond donors (Lipinski definition) is 0. The molecule has 1 atom stereocenters. The summed E-state index contributed by atoms with van der Waals surface area (Å²) in [7, 11) is 2.02. The van der Waals surface area contributed by atoms with Crippen LogP contribution >= 0.6 is 0 Å². The van der Waals surface area contributed by atoms with Gasteiger partial charge in [0.15, 0.2) is 0 Å². The van der Waals surface area contributed by atoms with Crippen LogP contribution in [-0.2, 0) is 6.42 Å². The van der Waals surface area contributed by atoms with Crippen LogP contribution in [0.25, 0.3) is 5.70 Å². The van der Waals surface area contributed by atoms with Crippen molar-refractivity contribution in [1.29, 1.82) is 0 Å². The molecule has 2 rings (SSSR count). The van der Waals surface area contributed by atoms with Gasteiger partial charge in [-0.15, -0.1) is 0 Å². The molecule has 2 nitrogen and oxygen atoms in total. The van der Waals surface area contributed by atoms with Crippen LogP contribution in [0.1, 0.15) is 35.3 Å². The average molecular weight is 292 g/mol. The van der Waals surface area contributed by atoms with E-state index in [-0.39, 0.29) is 6.17 Å². The van der Waals surface area contributed by atoms with Crippen molar-refractivity contribution < 1.29 is 0 Å². The van der Waals surface area contributed by atoms with Crippen molar-refractivity contribution in [2.75, 3.05) is 7.05 Å². The lowest BCUT2D eigenvalue weighted by Gasteiger charge is -2.30. The van der Waals surface area contributed by atoms with E-state index >= 15 is 0 Å². The molecule has 0 fully saturated rings. The Labute approximate surface area is 133 Å². The highest BCUT2D eigenvalue weighted by molar-refractivity contribution is 5.62. The number of hydrogen-bond acceptors (Lipinski definition) is 2. The fourth-order valence-corrected chi connectivity index (χ4v) is 2.60. The van der Waals surface area contributed by atoms with Gasteiger partial charge in [0.05, 0.1) is 0 Å². The molecule has 0 saturated heterocycles. The van der Waals surface area contributed by atoms with Crippen molar-refractivity contribution in [2.24, 2.45) is 4.99 Å². The SMILES string of the molecule is C=NC(c1cc(CC)ccc1C)N(C)C(=C)c1ccccc1. The van der Waals surface area contributed by atoms with E-state index in [1.165, 1.54) is 16.7 Å². The van der Waals surface area contributed by atoms with E-state index in [1.807, 2.05) is 25.2 Å². The first-order valence-electron chi connectivity index (χ1n) is 7.61.